The summed E-state index contributed by atoms with van der Waals surface area (Å²) in [4.78, 5) is 15.1. The smallest absolute Gasteiger partial charge is 0.417 e. The fraction of sp³-hybridized carbons (Fsp3) is 0.400. The van der Waals surface area contributed by atoms with Gasteiger partial charge in [-0.15, -0.1) is 0 Å². The number of sulfonamides is 1. The van der Waals surface area contributed by atoms with Gasteiger partial charge in [0, 0.05) is 23.9 Å². The molecule has 0 saturated heterocycles. The number of nitrogens with zero attached hydrogens (tertiary/aromatic N) is 1. The van der Waals surface area contributed by atoms with E-state index < -0.39 is 21.8 Å². The first kappa shape index (κ1) is 22.2. The molecule has 1 heterocycles. The van der Waals surface area contributed by atoms with Gasteiger partial charge in [-0.05, 0) is 50.8 Å². The minimum atomic E-state index is -4.45. The Morgan fingerprint density at radius 1 is 1.07 bits per heavy atom. The molecule has 3 rings (SSSR count). The highest BCUT2D eigenvalue weighted by molar-refractivity contribution is 7.89. The Kier molecular flexibility index (Phi) is 6.47. The number of pyridine rings is 1. The molecule has 0 aliphatic heterocycles. The lowest BCUT2D eigenvalue weighted by Crippen LogP contribution is -2.39. The number of ketones is 1. The van der Waals surface area contributed by atoms with Crippen LogP contribution in [0, 0.1) is 0 Å². The molecule has 0 radical (unpaired) electrons. The van der Waals surface area contributed by atoms with Crippen molar-refractivity contribution in [3.8, 4) is 5.88 Å². The standard InChI is InChI=1S/C20H21F3N2O4S/c1-13(26)14-2-9-18(10-3-14)30(27,28)25-16-5-7-17(8-6-16)29-19-11-4-15(12-24-19)20(21,22)23/h2-4,9-12,16-17,25H,5-8H2,1H3. The van der Waals surface area contributed by atoms with Gasteiger partial charge in [0.25, 0.3) is 0 Å². The van der Waals surface area contributed by atoms with Gasteiger partial charge in [0.2, 0.25) is 15.9 Å². The second-order valence-electron chi connectivity index (χ2n) is 7.18. The number of alkyl halides is 3. The molecule has 30 heavy (non-hydrogen) atoms. The highest BCUT2D eigenvalue weighted by Crippen LogP contribution is 2.30. The van der Waals surface area contributed by atoms with Crippen molar-refractivity contribution in [2.75, 3.05) is 0 Å². The summed E-state index contributed by atoms with van der Waals surface area (Å²) in [6.07, 6.45) is -1.84. The van der Waals surface area contributed by atoms with Gasteiger partial charge in [-0.2, -0.15) is 13.2 Å². The molecule has 1 N–H and O–H groups in total. The number of nitrogens with one attached hydrogen (secondary N) is 1. The number of hydrogen-bond acceptors (Lipinski definition) is 5. The molecule has 10 heteroatoms. The van der Waals surface area contributed by atoms with Gasteiger partial charge in [0.15, 0.2) is 5.78 Å². The first-order chi connectivity index (χ1) is 14.0. The van der Waals surface area contributed by atoms with Gasteiger partial charge >= 0.3 is 6.18 Å². The topological polar surface area (TPSA) is 85.4 Å². The maximum atomic E-state index is 12.6. The van der Waals surface area contributed by atoms with Crippen LogP contribution in [0.5, 0.6) is 5.88 Å². The van der Waals surface area contributed by atoms with Crippen LogP contribution in [0.4, 0.5) is 13.2 Å². The first-order valence-electron chi connectivity index (χ1n) is 9.38. The normalized spacial score (nSPS) is 20.0. The number of carbonyl (C=O) groups excluding carboxylic acids is 1. The van der Waals surface area contributed by atoms with Gasteiger partial charge in [-0.3, -0.25) is 4.79 Å². The van der Waals surface area contributed by atoms with Crippen molar-refractivity contribution in [2.45, 2.75) is 55.8 Å². The van der Waals surface area contributed by atoms with Crippen LogP contribution < -0.4 is 9.46 Å². The van der Waals surface area contributed by atoms with Crippen molar-refractivity contribution in [1.82, 2.24) is 9.71 Å². The summed E-state index contributed by atoms with van der Waals surface area (Å²) in [5.74, 6) is -0.0367. The Bertz CT molecular complexity index is 982. The third kappa shape index (κ3) is 5.57. The lowest BCUT2D eigenvalue weighted by molar-refractivity contribution is -0.137. The van der Waals surface area contributed by atoms with Crippen LogP contribution in [0.3, 0.4) is 0 Å². The molecule has 1 saturated carbocycles. The molecule has 2 aromatic rings. The number of hydrogen-bond donors (Lipinski definition) is 1. The van der Waals surface area contributed by atoms with E-state index in [9.17, 15) is 26.4 Å². The number of benzene rings is 1. The van der Waals surface area contributed by atoms with Gasteiger partial charge in [0.05, 0.1) is 10.5 Å². The van der Waals surface area contributed by atoms with Crippen LogP contribution in [0.2, 0.25) is 0 Å². The molecule has 0 amide bonds. The third-order valence-electron chi connectivity index (χ3n) is 4.92. The maximum Gasteiger partial charge on any atom is 0.417 e. The van der Waals surface area contributed by atoms with Gasteiger partial charge in [0.1, 0.15) is 6.10 Å². The fourth-order valence-electron chi connectivity index (χ4n) is 3.24. The average molecular weight is 442 g/mol. The molecule has 0 atom stereocenters. The van der Waals surface area contributed by atoms with Crippen LogP contribution in [0.15, 0.2) is 47.5 Å². The van der Waals surface area contributed by atoms with Crippen molar-refractivity contribution in [3.05, 3.63) is 53.7 Å². The highest BCUT2D eigenvalue weighted by atomic mass is 32.2. The third-order valence-corrected chi connectivity index (χ3v) is 6.45. The predicted octanol–water partition coefficient (Wildman–Crippen LogP) is 3.97. The van der Waals surface area contributed by atoms with Crippen molar-refractivity contribution < 1.29 is 31.1 Å². The number of carbonyl (C=O) groups is 1. The van der Waals surface area contributed by atoms with E-state index in [1.54, 1.807) is 0 Å². The van der Waals surface area contributed by atoms with Crippen LogP contribution in [0.25, 0.3) is 0 Å². The van der Waals surface area contributed by atoms with Gasteiger partial charge in [-0.1, -0.05) is 12.1 Å². The maximum absolute atomic E-state index is 12.6. The van der Waals surface area contributed by atoms with E-state index in [4.69, 9.17) is 4.74 Å². The number of Topliss-reactive ketones (excluding diaryl/α,β-unsaturated/α-hetero) is 1. The number of rotatable bonds is 6. The first-order valence-corrected chi connectivity index (χ1v) is 10.9. The lowest BCUT2D eigenvalue weighted by Gasteiger charge is -2.29. The van der Waals surface area contributed by atoms with Gasteiger partial charge < -0.3 is 4.74 Å². The molecule has 1 aromatic heterocycles. The van der Waals surface area contributed by atoms with Crippen LogP contribution in [-0.4, -0.2) is 31.3 Å². The van der Waals surface area contributed by atoms with E-state index in [2.05, 4.69) is 9.71 Å². The van der Waals surface area contributed by atoms with E-state index >= 15 is 0 Å². The zero-order chi connectivity index (χ0) is 21.9. The zero-order valence-electron chi connectivity index (χ0n) is 16.1. The van der Waals surface area contributed by atoms with E-state index in [1.807, 2.05) is 0 Å². The summed E-state index contributed by atoms with van der Waals surface area (Å²) in [7, 11) is -3.72. The molecular weight excluding hydrogens is 421 g/mol. The van der Waals surface area contributed by atoms with E-state index in [-0.39, 0.29) is 28.7 Å². The van der Waals surface area contributed by atoms with Crippen molar-refractivity contribution >= 4 is 15.8 Å². The Hall–Kier alpha value is -2.46. The molecule has 1 fully saturated rings. The van der Waals surface area contributed by atoms with Crippen molar-refractivity contribution in [1.29, 1.82) is 0 Å². The highest BCUT2D eigenvalue weighted by Gasteiger charge is 2.31. The Labute approximate surface area is 172 Å². The minimum Gasteiger partial charge on any atom is -0.474 e. The number of ether oxygens (including phenoxy) is 1. The van der Waals surface area contributed by atoms with Crippen LogP contribution in [-0.2, 0) is 16.2 Å². The summed E-state index contributed by atoms with van der Waals surface area (Å²) in [6.45, 7) is 1.41. The minimum absolute atomic E-state index is 0.0832. The van der Waals surface area contributed by atoms with Crippen LogP contribution in [0.1, 0.15) is 48.5 Å². The Balaban J connectivity index is 1.53. The summed E-state index contributed by atoms with van der Waals surface area (Å²) in [5.41, 5.74) is -0.409. The van der Waals surface area contributed by atoms with E-state index in [0.29, 0.717) is 31.2 Å². The summed E-state index contributed by atoms with van der Waals surface area (Å²) >= 11 is 0. The summed E-state index contributed by atoms with van der Waals surface area (Å²) in [5, 5.41) is 0. The largest absolute Gasteiger partial charge is 0.474 e. The second-order valence-corrected chi connectivity index (χ2v) is 8.89. The predicted molar refractivity (Wildman–Crippen MR) is 103 cm³/mol. The van der Waals surface area contributed by atoms with E-state index in [0.717, 1.165) is 12.3 Å². The molecule has 1 aliphatic carbocycles. The van der Waals surface area contributed by atoms with E-state index in [1.165, 1.54) is 37.3 Å². The molecule has 162 valence electrons. The number of aromatic nitrogens is 1. The molecule has 0 unspecified atom stereocenters. The molecular formula is C20H21F3N2O4S. The Morgan fingerprint density at radius 3 is 2.20 bits per heavy atom. The Morgan fingerprint density at radius 2 is 1.70 bits per heavy atom. The number of halogens is 3. The fourth-order valence-corrected chi connectivity index (χ4v) is 4.55. The van der Waals surface area contributed by atoms with Gasteiger partial charge in [-0.25, -0.2) is 18.1 Å². The quantitative estimate of drug-likeness (QED) is 0.685. The molecule has 1 aromatic carbocycles. The average Bonchev–Trinajstić information content (AvgIpc) is 2.69. The lowest BCUT2D eigenvalue weighted by atomic mass is 9.94. The molecule has 6 nitrogen and oxygen atoms in total. The SMILES string of the molecule is CC(=O)c1ccc(S(=O)(=O)NC2CCC(Oc3ccc(C(F)(F)F)cn3)CC2)cc1. The molecule has 1 aliphatic rings. The summed E-state index contributed by atoms with van der Waals surface area (Å²) in [6, 6.07) is 7.55. The molecule has 0 spiro atoms. The zero-order valence-corrected chi connectivity index (χ0v) is 17.0. The van der Waals surface area contributed by atoms with Crippen LogP contribution >= 0.6 is 0 Å². The summed E-state index contributed by atoms with van der Waals surface area (Å²) < 4.78 is 71.1. The molecule has 0 bridgehead atoms. The second kappa shape index (κ2) is 8.73. The van der Waals surface area contributed by atoms with Crippen molar-refractivity contribution in [3.63, 3.8) is 0 Å². The van der Waals surface area contributed by atoms with Crippen molar-refractivity contribution in [2.24, 2.45) is 0 Å². The monoisotopic (exact) mass is 442 g/mol.